The number of hydrogen-bond donors (Lipinski definition) is 1. The van der Waals surface area contributed by atoms with Gasteiger partial charge in [0.2, 0.25) is 0 Å². The number of aryl methyl sites for hydroxylation is 1. The zero-order chi connectivity index (χ0) is 26.4. The first-order valence-electron chi connectivity index (χ1n) is 12.3. The van der Waals surface area contributed by atoms with Gasteiger partial charge in [-0.3, -0.25) is 14.5 Å². The Balaban J connectivity index is 1.54. The van der Waals surface area contributed by atoms with Gasteiger partial charge in [-0.15, -0.1) is 0 Å². The maximum atomic E-state index is 13.5. The SMILES string of the molecule is CCOc1cccc(C2/C(=C(/O)c3ccc4c(c3)OCCO4)C(=O)C(=O)N2c2nc3ccc(C)cc3s2)c1. The largest absolute Gasteiger partial charge is 0.507 e. The number of ether oxygens (including phenoxy) is 3. The van der Waals surface area contributed by atoms with Crippen LogP contribution in [0, 0.1) is 6.92 Å². The van der Waals surface area contributed by atoms with Crippen LogP contribution in [0.4, 0.5) is 5.13 Å². The minimum atomic E-state index is -0.912. The van der Waals surface area contributed by atoms with Crippen molar-refractivity contribution in [3.8, 4) is 17.2 Å². The number of hydrogen-bond acceptors (Lipinski definition) is 8. The quantitative estimate of drug-likeness (QED) is 0.210. The fourth-order valence-electron chi connectivity index (χ4n) is 4.76. The highest BCUT2D eigenvalue weighted by atomic mass is 32.1. The number of amides is 1. The van der Waals surface area contributed by atoms with Crippen LogP contribution in [0.2, 0.25) is 0 Å². The molecule has 8 nitrogen and oxygen atoms in total. The van der Waals surface area contributed by atoms with Gasteiger partial charge < -0.3 is 19.3 Å². The molecule has 9 heteroatoms. The van der Waals surface area contributed by atoms with Gasteiger partial charge in [-0.25, -0.2) is 4.98 Å². The minimum Gasteiger partial charge on any atom is -0.507 e. The minimum absolute atomic E-state index is 0.0317. The predicted molar refractivity (Wildman–Crippen MR) is 144 cm³/mol. The van der Waals surface area contributed by atoms with Crippen LogP contribution in [0.25, 0.3) is 16.0 Å². The van der Waals surface area contributed by atoms with E-state index in [9.17, 15) is 14.7 Å². The summed E-state index contributed by atoms with van der Waals surface area (Å²) in [5.41, 5.74) is 2.72. The van der Waals surface area contributed by atoms with Crippen LogP contribution in [0.3, 0.4) is 0 Å². The highest BCUT2D eigenvalue weighted by molar-refractivity contribution is 7.22. The molecule has 2 aliphatic heterocycles. The Hall–Kier alpha value is -4.37. The second kappa shape index (κ2) is 9.50. The van der Waals surface area contributed by atoms with Gasteiger partial charge in [-0.2, -0.15) is 0 Å². The van der Waals surface area contributed by atoms with Crippen molar-refractivity contribution in [3.63, 3.8) is 0 Å². The van der Waals surface area contributed by atoms with Crippen molar-refractivity contribution in [3.05, 3.63) is 82.9 Å². The van der Waals surface area contributed by atoms with Gasteiger partial charge in [0.15, 0.2) is 16.6 Å². The summed E-state index contributed by atoms with van der Waals surface area (Å²) in [4.78, 5) is 33.1. The highest BCUT2D eigenvalue weighted by Gasteiger charge is 2.48. The van der Waals surface area contributed by atoms with Crippen LogP contribution in [-0.4, -0.2) is 41.6 Å². The van der Waals surface area contributed by atoms with Crippen molar-refractivity contribution < 1.29 is 28.9 Å². The molecule has 1 atom stereocenters. The van der Waals surface area contributed by atoms with E-state index in [2.05, 4.69) is 4.98 Å². The number of rotatable bonds is 5. The van der Waals surface area contributed by atoms with Gasteiger partial charge in [-0.1, -0.05) is 29.5 Å². The fraction of sp³-hybridized carbons (Fsp3) is 0.207. The third kappa shape index (κ3) is 4.05. The molecule has 6 rings (SSSR count). The van der Waals surface area contributed by atoms with Crippen LogP contribution in [0.5, 0.6) is 17.2 Å². The third-order valence-electron chi connectivity index (χ3n) is 6.48. The molecule has 2 aliphatic rings. The number of fused-ring (bicyclic) bond motifs is 2. The molecule has 0 aliphatic carbocycles. The molecule has 1 N–H and O–H groups in total. The number of carbonyl (C=O) groups excluding carboxylic acids is 2. The Kier molecular flexibility index (Phi) is 6.00. The molecule has 1 aromatic heterocycles. The van der Waals surface area contributed by atoms with E-state index in [1.165, 1.54) is 16.2 Å². The first-order chi connectivity index (χ1) is 18.4. The molecule has 0 radical (unpaired) electrons. The first kappa shape index (κ1) is 24.0. The Morgan fingerprint density at radius 1 is 1.08 bits per heavy atom. The van der Waals surface area contributed by atoms with Gasteiger partial charge in [0.25, 0.3) is 5.78 Å². The van der Waals surface area contributed by atoms with Gasteiger partial charge in [-0.05, 0) is 67.4 Å². The summed E-state index contributed by atoms with van der Waals surface area (Å²) in [5, 5.41) is 11.9. The van der Waals surface area contributed by atoms with Gasteiger partial charge in [0.1, 0.15) is 24.7 Å². The summed E-state index contributed by atoms with van der Waals surface area (Å²) >= 11 is 1.33. The van der Waals surface area contributed by atoms with Crippen LogP contribution in [0.1, 0.15) is 29.7 Å². The number of Topliss-reactive ketones (excluding diaryl/α,β-unsaturated/α-hetero) is 1. The molecular weight excluding hydrogens is 504 g/mol. The van der Waals surface area contributed by atoms with Crippen molar-refractivity contribution in [2.75, 3.05) is 24.7 Å². The number of carbonyl (C=O) groups is 2. The molecule has 0 saturated carbocycles. The summed E-state index contributed by atoms with van der Waals surface area (Å²) in [5.74, 6) is -0.238. The maximum absolute atomic E-state index is 13.5. The lowest BCUT2D eigenvalue weighted by Gasteiger charge is -2.23. The van der Waals surface area contributed by atoms with E-state index in [1.807, 2.05) is 32.0 Å². The first-order valence-corrected chi connectivity index (χ1v) is 13.1. The molecule has 0 bridgehead atoms. The lowest BCUT2D eigenvalue weighted by atomic mass is 9.95. The highest BCUT2D eigenvalue weighted by Crippen LogP contribution is 2.45. The molecule has 1 fully saturated rings. The molecule has 1 amide bonds. The smallest absolute Gasteiger partial charge is 0.301 e. The predicted octanol–water partition coefficient (Wildman–Crippen LogP) is 5.40. The number of ketones is 1. The molecule has 0 spiro atoms. The number of aliphatic hydroxyl groups excluding tert-OH is 1. The average Bonchev–Trinajstić information content (AvgIpc) is 3.46. The number of thiazole rings is 1. The Bertz CT molecular complexity index is 1620. The summed E-state index contributed by atoms with van der Waals surface area (Å²) in [7, 11) is 0. The van der Waals surface area contributed by atoms with Crippen LogP contribution < -0.4 is 19.1 Å². The summed E-state index contributed by atoms with van der Waals surface area (Å²) < 4.78 is 17.8. The molecule has 192 valence electrons. The van der Waals surface area contributed by atoms with Gasteiger partial charge in [0.05, 0.1) is 28.4 Å². The van der Waals surface area contributed by atoms with Crippen LogP contribution >= 0.6 is 11.3 Å². The zero-order valence-electron chi connectivity index (χ0n) is 20.8. The molecule has 1 unspecified atom stereocenters. The van der Waals surface area contributed by atoms with Gasteiger partial charge >= 0.3 is 5.91 Å². The number of anilines is 1. The normalized spacial score (nSPS) is 18.3. The monoisotopic (exact) mass is 528 g/mol. The van der Waals surface area contributed by atoms with E-state index in [4.69, 9.17) is 14.2 Å². The molecule has 4 aromatic rings. The second-order valence-corrected chi connectivity index (χ2v) is 10.0. The molecule has 1 saturated heterocycles. The standard InChI is InChI=1S/C29H24N2O6S/c1-3-35-19-6-4-5-17(14-19)25-24(26(32)18-8-10-21-22(15-18)37-12-11-36-21)27(33)28(34)31(25)29-30-20-9-7-16(2)13-23(20)38-29/h4-10,13-15,25,32H,3,11-12H2,1-2H3/b26-24-. The lowest BCUT2D eigenvalue weighted by molar-refractivity contribution is -0.132. The van der Waals surface area contributed by atoms with Crippen LogP contribution in [-0.2, 0) is 9.59 Å². The Labute approximate surface area is 222 Å². The van der Waals surface area contributed by atoms with Crippen molar-refractivity contribution in [2.24, 2.45) is 0 Å². The van der Waals surface area contributed by atoms with E-state index >= 15 is 0 Å². The average molecular weight is 529 g/mol. The Morgan fingerprint density at radius 2 is 1.89 bits per heavy atom. The lowest BCUT2D eigenvalue weighted by Crippen LogP contribution is -2.29. The van der Waals surface area contributed by atoms with E-state index in [0.29, 0.717) is 53.3 Å². The van der Waals surface area contributed by atoms with Crippen molar-refractivity contribution >= 4 is 44.1 Å². The Morgan fingerprint density at radius 3 is 2.71 bits per heavy atom. The third-order valence-corrected chi connectivity index (χ3v) is 7.50. The molecule has 38 heavy (non-hydrogen) atoms. The number of nitrogens with zero attached hydrogens (tertiary/aromatic N) is 2. The van der Waals surface area contributed by atoms with E-state index in [-0.39, 0.29) is 11.3 Å². The molecule has 3 aromatic carbocycles. The van der Waals surface area contributed by atoms with Crippen molar-refractivity contribution in [1.82, 2.24) is 4.98 Å². The van der Waals surface area contributed by atoms with Gasteiger partial charge in [0, 0.05) is 5.56 Å². The van der Waals surface area contributed by atoms with Crippen molar-refractivity contribution in [2.45, 2.75) is 19.9 Å². The number of benzene rings is 3. The summed E-state index contributed by atoms with van der Waals surface area (Å²) in [6.07, 6.45) is 0. The maximum Gasteiger partial charge on any atom is 0.301 e. The molecule has 3 heterocycles. The summed E-state index contributed by atoms with van der Waals surface area (Å²) in [6.45, 7) is 5.13. The van der Waals surface area contributed by atoms with E-state index in [0.717, 1.165) is 15.8 Å². The molecular formula is C29H24N2O6S. The fourth-order valence-corrected chi connectivity index (χ4v) is 5.85. The topological polar surface area (TPSA) is 98.2 Å². The zero-order valence-corrected chi connectivity index (χ0v) is 21.6. The van der Waals surface area contributed by atoms with Crippen LogP contribution in [0.15, 0.2) is 66.2 Å². The van der Waals surface area contributed by atoms with Crippen molar-refractivity contribution in [1.29, 1.82) is 0 Å². The second-order valence-electron chi connectivity index (χ2n) is 9.00. The summed E-state index contributed by atoms with van der Waals surface area (Å²) in [6, 6.07) is 17.1. The van der Waals surface area contributed by atoms with E-state index < -0.39 is 17.7 Å². The number of aromatic nitrogens is 1. The number of aliphatic hydroxyl groups is 1. The van der Waals surface area contributed by atoms with E-state index in [1.54, 1.807) is 42.5 Å².